The minimum absolute atomic E-state index is 0.0959. The minimum Gasteiger partial charge on any atom is -0.355 e. The van der Waals surface area contributed by atoms with Crippen LogP contribution in [0.1, 0.15) is 35.2 Å². The molecule has 22 heavy (non-hydrogen) atoms. The second-order valence-electron chi connectivity index (χ2n) is 6.36. The van der Waals surface area contributed by atoms with E-state index in [0.29, 0.717) is 12.1 Å². The summed E-state index contributed by atoms with van der Waals surface area (Å²) < 4.78 is 0. The van der Waals surface area contributed by atoms with Crippen LogP contribution in [0.4, 0.5) is 0 Å². The first kappa shape index (κ1) is 15.0. The van der Waals surface area contributed by atoms with Crippen molar-refractivity contribution in [2.75, 3.05) is 20.1 Å². The molecule has 1 aromatic rings. The maximum atomic E-state index is 12.3. The topological polar surface area (TPSA) is 70.2 Å². The Hall–Kier alpha value is -1.88. The predicted molar refractivity (Wildman–Crippen MR) is 84.3 cm³/mol. The normalized spacial score (nSPS) is 22.1. The molecule has 1 saturated carbocycles. The third kappa shape index (κ3) is 2.99. The summed E-state index contributed by atoms with van der Waals surface area (Å²) in [6.07, 6.45) is 3.27. The third-order valence-corrected chi connectivity index (χ3v) is 5.02. The maximum absolute atomic E-state index is 12.3. The molecule has 1 spiro atoms. The highest BCUT2D eigenvalue weighted by molar-refractivity contribution is 5.93. The van der Waals surface area contributed by atoms with E-state index in [0.717, 1.165) is 37.9 Å². The Kier molecular flexibility index (Phi) is 4.16. The molecule has 0 bridgehead atoms. The van der Waals surface area contributed by atoms with Crippen LogP contribution in [0, 0.1) is 11.3 Å². The molecule has 3 rings (SSSR count). The van der Waals surface area contributed by atoms with E-state index in [1.54, 1.807) is 19.2 Å². The summed E-state index contributed by atoms with van der Waals surface area (Å²) in [6.45, 7) is 2.59. The number of rotatable bonds is 4. The quantitative estimate of drug-likeness (QED) is 0.778. The second-order valence-corrected chi connectivity index (χ2v) is 6.36. The van der Waals surface area contributed by atoms with Gasteiger partial charge >= 0.3 is 0 Å². The van der Waals surface area contributed by atoms with Crippen molar-refractivity contribution in [2.45, 2.75) is 25.8 Å². The summed E-state index contributed by atoms with van der Waals surface area (Å²) in [5.74, 6) is 0.276. The summed E-state index contributed by atoms with van der Waals surface area (Å²) in [6, 6.07) is 7.34. The van der Waals surface area contributed by atoms with E-state index in [2.05, 4.69) is 16.0 Å². The van der Waals surface area contributed by atoms with E-state index in [9.17, 15) is 9.59 Å². The van der Waals surface area contributed by atoms with Gasteiger partial charge in [-0.05, 0) is 55.5 Å². The first-order valence-electron chi connectivity index (χ1n) is 7.94. The highest BCUT2D eigenvalue weighted by Gasteiger charge is 2.57. The molecular formula is C17H23N3O2. The lowest BCUT2D eigenvalue weighted by molar-refractivity contribution is -0.123. The van der Waals surface area contributed by atoms with E-state index in [1.165, 1.54) is 0 Å². The molecule has 118 valence electrons. The monoisotopic (exact) mass is 301 g/mol. The molecule has 3 N–H and O–H groups in total. The lowest BCUT2D eigenvalue weighted by Gasteiger charge is -2.23. The zero-order valence-corrected chi connectivity index (χ0v) is 12.9. The molecule has 2 fully saturated rings. The van der Waals surface area contributed by atoms with Crippen LogP contribution in [0.25, 0.3) is 0 Å². The SMILES string of the molecule is CNC(=O)c1ccc(CNC(=O)C2CC23CCNCC3)cc1. The van der Waals surface area contributed by atoms with Crippen molar-refractivity contribution in [1.82, 2.24) is 16.0 Å². The van der Waals surface area contributed by atoms with Gasteiger partial charge in [-0.15, -0.1) is 0 Å². The van der Waals surface area contributed by atoms with Gasteiger partial charge in [-0.25, -0.2) is 0 Å². The molecule has 1 aromatic carbocycles. The first-order valence-corrected chi connectivity index (χ1v) is 7.94. The van der Waals surface area contributed by atoms with Crippen LogP contribution in [0.3, 0.4) is 0 Å². The smallest absolute Gasteiger partial charge is 0.251 e. The number of amides is 2. The molecule has 1 saturated heterocycles. The van der Waals surface area contributed by atoms with Crippen LogP contribution in [-0.2, 0) is 11.3 Å². The average molecular weight is 301 g/mol. The lowest BCUT2D eigenvalue weighted by atomic mass is 9.92. The summed E-state index contributed by atoms with van der Waals surface area (Å²) in [5, 5.41) is 8.98. The van der Waals surface area contributed by atoms with Gasteiger partial charge in [0.05, 0.1) is 0 Å². The largest absolute Gasteiger partial charge is 0.355 e. The second kappa shape index (κ2) is 6.08. The van der Waals surface area contributed by atoms with E-state index in [-0.39, 0.29) is 23.1 Å². The van der Waals surface area contributed by atoms with Gasteiger partial charge in [0.1, 0.15) is 0 Å². The highest BCUT2D eigenvalue weighted by Crippen LogP contribution is 2.58. The number of benzene rings is 1. The van der Waals surface area contributed by atoms with Crippen molar-refractivity contribution in [3.05, 3.63) is 35.4 Å². The lowest BCUT2D eigenvalue weighted by Crippen LogP contribution is -2.33. The molecule has 0 radical (unpaired) electrons. The van der Waals surface area contributed by atoms with Gasteiger partial charge in [-0.2, -0.15) is 0 Å². The Balaban J connectivity index is 1.50. The minimum atomic E-state index is -0.0959. The summed E-state index contributed by atoms with van der Waals surface area (Å²) in [7, 11) is 1.61. The Morgan fingerprint density at radius 1 is 1.23 bits per heavy atom. The van der Waals surface area contributed by atoms with E-state index < -0.39 is 0 Å². The molecule has 1 aliphatic heterocycles. The van der Waals surface area contributed by atoms with Gasteiger partial charge in [-0.3, -0.25) is 9.59 Å². The molecular weight excluding hydrogens is 278 g/mol. The van der Waals surface area contributed by atoms with Crippen molar-refractivity contribution >= 4 is 11.8 Å². The van der Waals surface area contributed by atoms with E-state index >= 15 is 0 Å². The van der Waals surface area contributed by atoms with Crippen LogP contribution in [0.15, 0.2) is 24.3 Å². The molecule has 1 aliphatic carbocycles. The van der Waals surface area contributed by atoms with Crippen molar-refractivity contribution in [1.29, 1.82) is 0 Å². The van der Waals surface area contributed by atoms with E-state index in [4.69, 9.17) is 0 Å². The van der Waals surface area contributed by atoms with Crippen molar-refractivity contribution in [3.8, 4) is 0 Å². The molecule has 5 nitrogen and oxygen atoms in total. The zero-order valence-electron chi connectivity index (χ0n) is 12.9. The Bertz CT molecular complexity index is 562. The van der Waals surface area contributed by atoms with Crippen molar-refractivity contribution < 1.29 is 9.59 Å². The zero-order chi connectivity index (χ0) is 15.6. The van der Waals surface area contributed by atoms with Crippen molar-refractivity contribution in [3.63, 3.8) is 0 Å². The van der Waals surface area contributed by atoms with Gasteiger partial charge in [0.2, 0.25) is 5.91 Å². The fourth-order valence-electron chi connectivity index (χ4n) is 3.43. The van der Waals surface area contributed by atoms with Gasteiger partial charge in [0, 0.05) is 25.1 Å². The number of piperidine rings is 1. The third-order valence-electron chi connectivity index (χ3n) is 5.02. The molecule has 2 amide bonds. The van der Waals surface area contributed by atoms with Crippen LogP contribution >= 0.6 is 0 Å². The molecule has 1 unspecified atom stereocenters. The molecule has 1 heterocycles. The van der Waals surface area contributed by atoms with Crippen LogP contribution in [-0.4, -0.2) is 32.0 Å². The van der Waals surface area contributed by atoms with Crippen LogP contribution in [0.5, 0.6) is 0 Å². The summed E-state index contributed by atoms with van der Waals surface area (Å²) >= 11 is 0. The number of carbonyl (C=O) groups excluding carboxylic acids is 2. The fraction of sp³-hybridized carbons (Fsp3) is 0.529. The molecule has 2 aliphatic rings. The molecule has 1 atom stereocenters. The van der Waals surface area contributed by atoms with Crippen molar-refractivity contribution in [2.24, 2.45) is 11.3 Å². The average Bonchev–Trinajstić information content (AvgIpc) is 3.26. The van der Waals surface area contributed by atoms with Gasteiger partial charge in [0.15, 0.2) is 0 Å². The van der Waals surface area contributed by atoms with Crippen LogP contribution in [0.2, 0.25) is 0 Å². The number of carbonyl (C=O) groups is 2. The first-order chi connectivity index (χ1) is 10.6. The van der Waals surface area contributed by atoms with E-state index in [1.807, 2.05) is 12.1 Å². The Morgan fingerprint density at radius 2 is 1.91 bits per heavy atom. The van der Waals surface area contributed by atoms with Gasteiger partial charge < -0.3 is 16.0 Å². The number of hydrogen-bond donors (Lipinski definition) is 3. The number of hydrogen-bond acceptors (Lipinski definition) is 3. The standard InChI is InChI=1S/C17H23N3O2/c1-18-15(21)13-4-2-12(3-5-13)11-20-16(22)14-10-17(14)6-8-19-9-7-17/h2-5,14,19H,6-11H2,1H3,(H,18,21)(H,20,22). The Labute approximate surface area is 130 Å². The van der Waals surface area contributed by atoms with Gasteiger partial charge in [-0.1, -0.05) is 12.1 Å². The summed E-state index contributed by atoms with van der Waals surface area (Å²) in [4.78, 5) is 23.8. The fourth-order valence-corrected chi connectivity index (χ4v) is 3.43. The Morgan fingerprint density at radius 3 is 2.55 bits per heavy atom. The summed E-state index contributed by atoms with van der Waals surface area (Å²) in [5.41, 5.74) is 1.92. The van der Waals surface area contributed by atoms with Gasteiger partial charge in [0.25, 0.3) is 5.91 Å². The molecule has 0 aromatic heterocycles. The number of nitrogens with one attached hydrogen (secondary N) is 3. The predicted octanol–water partition coefficient (Wildman–Crippen LogP) is 1.05. The van der Waals surface area contributed by atoms with Crippen LogP contribution < -0.4 is 16.0 Å². The maximum Gasteiger partial charge on any atom is 0.251 e. The molecule has 5 heteroatoms. The highest BCUT2D eigenvalue weighted by atomic mass is 16.2.